The Balaban J connectivity index is 3.00. The van der Waals surface area contributed by atoms with E-state index < -0.39 is 0 Å². The SMILES string of the molecule is CCN(CC)C(=O)c1ccc(Cl)cc1O. The Kier molecular flexibility index (Phi) is 3.97. The first-order valence-electron chi connectivity index (χ1n) is 4.88. The molecule has 0 aromatic heterocycles. The molecule has 0 radical (unpaired) electrons. The molecular formula is C11H14ClNO2. The third-order valence-electron chi connectivity index (χ3n) is 2.24. The molecule has 0 unspecified atom stereocenters. The zero-order chi connectivity index (χ0) is 11.4. The molecule has 1 aromatic rings. The van der Waals surface area contributed by atoms with Crippen molar-refractivity contribution in [1.82, 2.24) is 4.90 Å². The summed E-state index contributed by atoms with van der Waals surface area (Å²) in [6.07, 6.45) is 0. The second-order valence-electron chi connectivity index (χ2n) is 3.14. The van der Waals surface area contributed by atoms with Crippen molar-refractivity contribution in [3.8, 4) is 5.75 Å². The van der Waals surface area contributed by atoms with Gasteiger partial charge in [-0.2, -0.15) is 0 Å². The fourth-order valence-electron chi connectivity index (χ4n) is 1.37. The van der Waals surface area contributed by atoms with Crippen molar-refractivity contribution in [2.24, 2.45) is 0 Å². The summed E-state index contributed by atoms with van der Waals surface area (Å²) in [7, 11) is 0. The average Bonchev–Trinajstić information content (AvgIpc) is 2.19. The first-order valence-corrected chi connectivity index (χ1v) is 5.25. The summed E-state index contributed by atoms with van der Waals surface area (Å²) in [5.41, 5.74) is 0.295. The summed E-state index contributed by atoms with van der Waals surface area (Å²) in [6, 6.07) is 4.51. The van der Waals surface area contributed by atoms with Gasteiger partial charge in [-0.25, -0.2) is 0 Å². The topological polar surface area (TPSA) is 40.5 Å². The van der Waals surface area contributed by atoms with E-state index in [1.165, 1.54) is 6.07 Å². The Bertz CT molecular complexity index is 362. The number of halogens is 1. The molecule has 0 saturated heterocycles. The minimum absolute atomic E-state index is 0.0700. The van der Waals surface area contributed by atoms with Crippen molar-refractivity contribution in [3.05, 3.63) is 28.8 Å². The average molecular weight is 228 g/mol. The molecular weight excluding hydrogens is 214 g/mol. The van der Waals surface area contributed by atoms with E-state index in [1.54, 1.807) is 17.0 Å². The van der Waals surface area contributed by atoms with Gasteiger partial charge in [0.1, 0.15) is 5.75 Å². The van der Waals surface area contributed by atoms with Gasteiger partial charge in [0.25, 0.3) is 5.91 Å². The molecule has 0 atom stereocenters. The van der Waals surface area contributed by atoms with Gasteiger partial charge >= 0.3 is 0 Å². The van der Waals surface area contributed by atoms with Crippen LogP contribution >= 0.6 is 11.6 Å². The second kappa shape index (κ2) is 5.03. The molecule has 0 aliphatic rings. The minimum atomic E-state index is -0.172. The van der Waals surface area contributed by atoms with E-state index in [-0.39, 0.29) is 11.7 Å². The van der Waals surface area contributed by atoms with E-state index >= 15 is 0 Å². The van der Waals surface area contributed by atoms with Crippen molar-refractivity contribution < 1.29 is 9.90 Å². The number of hydrogen-bond acceptors (Lipinski definition) is 2. The Labute approximate surface area is 94.3 Å². The van der Waals surface area contributed by atoms with Crippen molar-refractivity contribution in [3.63, 3.8) is 0 Å². The molecule has 0 fully saturated rings. The number of carbonyl (C=O) groups is 1. The number of hydrogen-bond donors (Lipinski definition) is 1. The van der Waals surface area contributed by atoms with Crippen LogP contribution in [0.4, 0.5) is 0 Å². The highest BCUT2D eigenvalue weighted by atomic mass is 35.5. The van der Waals surface area contributed by atoms with Crippen LogP contribution in [0.5, 0.6) is 5.75 Å². The number of amides is 1. The maximum atomic E-state index is 11.9. The fraction of sp³-hybridized carbons (Fsp3) is 0.364. The standard InChI is InChI=1S/C11H14ClNO2/c1-3-13(4-2)11(15)9-6-5-8(12)7-10(9)14/h5-7,14H,3-4H2,1-2H3. The molecule has 1 N–H and O–H groups in total. The molecule has 0 spiro atoms. The molecule has 1 amide bonds. The third kappa shape index (κ3) is 2.63. The highest BCUT2D eigenvalue weighted by Gasteiger charge is 2.16. The van der Waals surface area contributed by atoms with Gasteiger partial charge < -0.3 is 10.0 Å². The molecule has 15 heavy (non-hydrogen) atoms. The molecule has 1 rings (SSSR count). The first kappa shape index (κ1) is 11.9. The van der Waals surface area contributed by atoms with Crippen molar-refractivity contribution >= 4 is 17.5 Å². The number of benzene rings is 1. The number of phenolic OH excluding ortho intramolecular Hbond substituents is 1. The fourth-order valence-corrected chi connectivity index (χ4v) is 1.53. The highest BCUT2D eigenvalue weighted by molar-refractivity contribution is 6.30. The number of carbonyl (C=O) groups excluding carboxylic acids is 1. The van der Waals surface area contributed by atoms with Gasteiger partial charge in [-0.05, 0) is 32.0 Å². The van der Waals surface area contributed by atoms with Gasteiger partial charge in [0.2, 0.25) is 0 Å². The Hall–Kier alpha value is -1.22. The van der Waals surface area contributed by atoms with E-state index in [9.17, 15) is 9.90 Å². The summed E-state index contributed by atoms with van der Waals surface area (Å²) < 4.78 is 0. The normalized spacial score (nSPS) is 10.1. The lowest BCUT2D eigenvalue weighted by Gasteiger charge is -2.19. The van der Waals surface area contributed by atoms with Crippen LogP contribution in [-0.4, -0.2) is 29.0 Å². The molecule has 0 aliphatic carbocycles. The van der Waals surface area contributed by atoms with Crippen LogP contribution in [0.3, 0.4) is 0 Å². The summed E-state index contributed by atoms with van der Waals surface area (Å²) in [5, 5.41) is 9.99. The van der Waals surface area contributed by atoms with Gasteiger partial charge in [0.05, 0.1) is 5.56 Å². The molecule has 4 heteroatoms. The van der Waals surface area contributed by atoms with Crippen molar-refractivity contribution in [2.45, 2.75) is 13.8 Å². The Morgan fingerprint density at radius 1 is 1.40 bits per heavy atom. The quantitative estimate of drug-likeness (QED) is 0.862. The molecule has 82 valence electrons. The molecule has 3 nitrogen and oxygen atoms in total. The predicted molar refractivity (Wildman–Crippen MR) is 60.4 cm³/mol. The Morgan fingerprint density at radius 2 is 2.00 bits per heavy atom. The first-order chi connectivity index (χ1) is 7.10. The van der Waals surface area contributed by atoms with Gasteiger partial charge in [0, 0.05) is 18.1 Å². The van der Waals surface area contributed by atoms with E-state index in [4.69, 9.17) is 11.6 Å². The van der Waals surface area contributed by atoms with Crippen LogP contribution in [-0.2, 0) is 0 Å². The van der Waals surface area contributed by atoms with Crippen LogP contribution < -0.4 is 0 Å². The van der Waals surface area contributed by atoms with Crippen molar-refractivity contribution in [1.29, 1.82) is 0 Å². The summed E-state index contributed by atoms with van der Waals surface area (Å²) in [5.74, 6) is -0.242. The number of phenols is 1. The summed E-state index contributed by atoms with van der Waals surface area (Å²) >= 11 is 5.68. The highest BCUT2D eigenvalue weighted by Crippen LogP contribution is 2.23. The molecule has 0 bridgehead atoms. The molecule has 0 heterocycles. The summed E-state index contributed by atoms with van der Waals surface area (Å²) in [4.78, 5) is 13.5. The monoisotopic (exact) mass is 227 g/mol. The van der Waals surface area contributed by atoms with Gasteiger partial charge in [-0.15, -0.1) is 0 Å². The van der Waals surface area contributed by atoms with Crippen molar-refractivity contribution in [2.75, 3.05) is 13.1 Å². The van der Waals surface area contributed by atoms with E-state index in [1.807, 2.05) is 13.8 Å². The molecule has 0 saturated carbocycles. The second-order valence-corrected chi connectivity index (χ2v) is 3.58. The zero-order valence-corrected chi connectivity index (χ0v) is 9.58. The van der Waals surface area contributed by atoms with Gasteiger partial charge in [0.15, 0.2) is 0 Å². The maximum absolute atomic E-state index is 11.9. The van der Waals surface area contributed by atoms with Crippen LogP contribution in [0, 0.1) is 0 Å². The van der Waals surface area contributed by atoms with E-state index in [0.717, 1.165) is 0 Å². The van der Waals surface area contributed by atoms with E-state index in [2.05, 4.69) is 0 Å². The third-order valence-corrected chi connectivity index (χ3v) is 2.48. The number of nitrogens with zero attached hydrogens (tertiary/aromatic N) is 1. The largest absolute Gasteiger partial charge is 0.507 e. The molecule has 1 aromatic carbocycles. The van der Waals surface area contributed by atoms with Gasteiger partial charge in [-0.3, -0.25) is 4.79 Å². The summed E-state index contributed by atoms with van der Waals surface area (Å²) in [6.45, 7) is 5.04. The lowest BCUT2D eigenvalue weighted by atomic mass is 10.1. The van der Waals surface area contributed by atoms with Gasteiger partial charge in [-0.1, -0.05) is 11.6 Å². The number of rotatable bonds is 3. The van der Waals surface area contributed by atoms with Crippen LogP contribution in [0.2, 0.25) is 5.02 Å². The minimum Gasteiger partial charge on any atom is -0.507 e. The maximum Gasteiger partial charge on any atom is 0.257 e. The lowest BCUT2D eigenvalue weighted by Crippen LogP contribution is -2.30. The number of aromatic hydroxyl groups is 1. The predicted octanol–water partition coefficient (Wildman–Crippen LogP) is 2.53. The van der Waals surface area contributed by atoms with Crippen LogP contribution in [0.25, 0.3) is 0 Å². The van der Waals surface area contributed by atoms with E-state index in [0.29, 0.717) is 23.7 Å². The van der Waals surface area contributed by atoms with Crippen LogP contribution in [0.1, 0.15) is 24.2 Å². The smallest absolute Gasteiger partial charge is 0.257 e. The lowest BCUT2D eigenvalue weighted by molar-refractivity contribution is 0.0770. The zero-order valence-electron chi connectivity index (χ0n) is 8.83. The molecule has 0 aliphatic heterocycles. The Morgan fingerprint density at radius 3 is 2.47 bits per heavy atom. The van der Waals surface area contributed by atoms with Crippen LogP contribution in [0.15, 0.2) is 18.2 Å².